The van der Waals surface area contributed by atoms with Gasteiger partial charge in [-0.3, -0.25) is 9.59 Å². The summed E-state index contributed by atoms with van der Waals surface area (Å²) in [7, 11) is 0. The summed E-state index contributed by atoms with van der Waals surface area (Å²) >= 11 is 6.04. The van der Waals surface area contributed by atoms with E-state index in [1.807, 2.05) is 38.1 Å². The average Bonchev–Trinajstić information content (AvgIpc) is 3.18. The molecule has 0 spiro atoms. The largest absolute Gasteiger partial charge is 0.486 e. The Kier molecular flexibility index (Phi) is 6.57. The van der Waals surface area contributed by atoms with E-state index in [-0.39, 0.29) is 24.8 Å². The van der Waals surface area contributed by atoms with Crippen LogP contribution in [0.4, 0.5) is 5.69 Å². The third-order valence-corrected chi connectivity index (χ3v) is 4.56. The van der Waals surface area contributed by atoms with Gasteiger partial charge < -0.3 is 19.8 Å². The lowest BCUT2D eigenvalue weighted by Gasteiger charge is -2.07. The number of benzene rings is 2. The van der Waals surface area contributed by atoms with E-state index in [2.05, 4.69) is 10.6 Å². The first kappa shape index (κ1) is 20.5. The van der Waals surface area contributed by atoms with Crippen LogP contribution in [0.2, 0.25) is 5.02 Å². The molecule has 7 heteroatoms. The smallest absolute Gasteiger partial charge is 0.287 e. The second-order valence-electron chi connectivity index (χ2n) is 6.56. The summed E-state index contributed by atoms with van der Waals surface area (Å²) in [5, 5.41) is 5.75. The van der Waals surface area contributed by atoms with Crippen molar-refractivity contribution in [3.05, 3.63) is 82.3 Å². The summed E-state index contributed by atoms with van der Waals surface area (Å²) in [6.07, 6.45) is 0. The minimum atomic E-state index is -0.483. The number of carbonyl (C=O) groups excluding carboxylic acids is 2. The molecule has 1 aromatic heterocycles. The summed E-state index contributed by atoms with van der Waals surface area (Å²) in [6.45, 7) is 3.88. The van der Waals surface area contributed by atoms with Gasteiger partial charge in [-0.15, -0.1) is 0 Å². The molecule has 0 bridgehead atoms. The molecule has 29 heavy (non-hydrogen) atoms. The van der Waals surface area contributed by atoms with Crippen LogP contribution in [0, 0.1) is 13.8 Å². The molecular formula is C22H21ClN2O4. The first-order valence-electron chi connectivity index (χ1n) is 9.03. The molecule has 0 aliphatic rings. The number of halogens is 1. The molecule has 6 nitrogen and oxygen atoms in total. The van der Waals surface area contributed by atoms with Crippen LogP contribution >= 0.6 is 11.6 Å². The first-order chi connectivity index (χ1) is 13.9. The van der Waals surface area contributed by atoms with E-state index in [1.165, 1.54) is 0 Å². The van der Waals surface area contributed by atoms with Gasteiger partial charge in [0.05, 0.1) is 6.54 Å². The minimum Gasteiger partial charge on any atom is -0.486 e. The van der Waals surface area contributed by atoms with Crippen LogP contribution in [0.1, 0.15) is 27.4 Å². The summed E-state index contributed by atoms with van der Waals surface area (Å²) in [6, 6.07) is 16.0. The van der Waals surface area contributed by atoms with E-state index in [0.717, 1.165) is 11.1 Å². The van der Waals surface area contributed by atoms with Gasteiger partial charge in [-0.1, -0.05) is 35.4 Å². The number of aryl methyl sites for hydroxylation is 2. The highest BCUT2D eigenvalue weighted by molar-refractivity contribution is 6.31. The van der Waals surface area contributed by atoms with Gasteiger partial charge in [0.25, 0.3) is 5.91 Å². The van der Waals surface area contributed by atoms with E-state index in [9.17, 15) is 9.59 Å². The van der Waals surface area contributed by atoms with Gasteiger partial charge in [0.15, 0.2) is 5.76 Å². The fourth-order valence-corrected chi connectivity index (χ4v) is 2.67. The molecule has 0 saturated heterocycles. The van der Waals surface area contributed by atoms with Gasteiger partial charge in [-0.05, 0) is 55.8 Å². The number of nitrogens with one attached hydrogen (secondary N) is 2. The quantitative estimate of drug-likeness (QED) is 0.598. The molecule has 0 saturated carbocycles. The van der Waals surface area contributed by atoms with Crippen molar-refractivity contribution < 1.29 is 18.7 Å². The second-order valence-corrected chi connectivity index (χ2v) is 6.97. The topological polar surface area (TPSA) is 80.6 Å². The lowest BCUT2D eigenvalue weighted by Crippen LogP contribution is -2.32. The standard InChI is InChI=1S/C22H21ClN2O4/c1-14-3-7-17(8-4-14)28-13-18-9-10-20(29-18)22(27)24-12-21(26)25-16-6-5-15(2)19(23)11-16/h3-11H,12-13H2,1-2H3,(H,24,27)(H,25,26). The third-order valence-electron chi connectivity index (χ3n) is 4.15. The highest BCUT2D eigenvalue weighted by Gasteiger charge is 2.13. The van der Waals surface area contributed by atoms with Crippen LogP contribution in [0.15, 0.2) is 59.0 Å². The van der Waals surface area contributed by atoms with Gasteiger partial charge in [-0.25, -0.2) is 0 Å². The second kappa shape index (κ2) is 9.30. The van der Waals surface area contributed by atoms with Gasteiger partial charge in [0.2, 0.25) is 5.91 Å². The van der Waals surface area contributed by atoms with Crippen LogP contribution in [-0.2, 0) is 11.4 Å². The number of hydrogen-bond donors (Lipinski definition) is 2. The number of carbonyl (C=O) groups is 2. The van der Waals surface area contributed by atoms with Crippen molar-refractivity contribution in [1.29, 1.82) is 0 Å². The number of furan rings is 1. The Bertz CT molecular complexity index is 1010. The zero-order valence-electron chi connectivity index (χ0n) is 16.1. The maximum atomic E-state index is 12.2. The van der Waals surface area contributed by atoms with Crippen molar-refractivity contribution in [1.82, 2.24) is 5.32 Å². The molecule has 1 heterocycles. The maximum Gasteiger partial charge on any atom is 0.287 e. The van der Waals surface area contributed by atoms with Gasteiger partial charge in [0, 0.05) is 10.7 Å². The summed E-state index contributed by atoms with van der Waals surface area (Å²) in [4.78, 5) is 24.2. The number of rotatable bonds is 7. The van der Waals surface area contributed by atoms with Gasteiger partial charge >= 0.3 is 0 Å². The van der Waals surface area contributed by atoms with Crippen LogP contribution < -0.4 is 15.4 Å². The SMILES string of the molecule is Cc1ccc(OCc2ccc(C(=O)NCC(=O)Nc3ccc(C)c(Cl)c3)o2)cc1. The van der Waals surface area contributed by atoms with E-state index in [4.69, 9.17) is 20.8 Å². The van der Waals surface area contributed by atoms with E-state index in [1.54, 1.807) is 30.3 Å². The van der Waals surface area contributed by atoms with E-state index in [0.29, 0.717) is 22.2 Å². The molecule has 150 valence electrons. The molecule has 0 atom stereocenters. The predicted molar refractivity (Wildman–Crippen MR) is 111 cm³/mol. The van der Waals surface area contributed by atoms with Crippen LogP contribution in [0.5, 0.6) is 5.75 Å². The molecule has 3 rings (SSSR count). The van der Waals surface area contributed by atoms with E-state index >= 15 is 0 Å². The first-order valence-corrected chi connectivity index (χ1v) is 9.41. The Morgan fingerprint density at radius 2 is 1.79 bits per heavy atom. The molecule has 2 aromatic carbocycles. The van der Waals surface area contributed by atoms with E-state index < -0.39 is 5.91 Å². The van der Waals surface area contributed by atoms with Gasteiger partial charge in [0.1, 0.15) is 18.1 Å². The van der Waals surface area contributed by atoms with Crippen molar-refractivity contribution in [2.75, 3.05) is 11.9 Å². The molecule has 0 unspecified atom stereocenters. The van der Waals surface area contributed by atoms with Crippen molar-refractivity contribution in [3.63, 3.8) is 0 Å². The molecule has 2 amide bonds. The van der Waals surface area contributed by atoms with Crippen molar-refractivity contribution in [2.45, 2.75) is 20.5 Å². The third kappa shape index (κ3) is 5.86. The Balaban J connectivity index is 1.47. The lowest BCUT2D eigenvalue weighted by molar-refractivity contribution is -0.115. The summed E-state index contributed by atoms with van der Waals surface area (Å²) in [5.74, 6) is 0.482. The predicted octanol–water partition coefficient (Wildman–Crippen LogP) is 4.50. The zero-order valence-corrected chi connectivity index (χ0v) is 16.9. The lowest BCUT2D eigenvalue weighted by atomic mass is 10.2. The zero-order chi connectivity index (χ0) is 20.8. The molecular weight excluding hydrogens is 392 g/mol. The average molecular weight is 413 g/mol. The van der Waals surface area contributed by atoms with Crippen molar-refractivity contribution in [2.24, 2.45) is 0 Å². The number of hydrogen-bond acceptors (Lipinski definition) is 4. The summed E-state index contributed by atoms with van der Waals surface area (Å²) < 4.78 is 11.1. The molecule has 0 aliphatic carbocycles. The molecule has 0 fully saturated rings. The Labute approximate surface area is 173 Å². The number of amides is 2. The molecule has 0 radical (unpaired) electrons. The normalized spacial score (nSPS) is 10.4. The van der Waals surface area contributed by atoms with Crippen LogP contribution in [0.25, 0.3) is 0 Å². The fourth-order valence-electron chi connectivity index (χ4n) is 2.49. The monoisotopic (exact) mass is 412 g/mol. The van der Waals surface area contributed by atoms with Crippen LogP contribution in [0.3, 0.4) is 0 Å². The van der Waals surface area contributed by atoms with Crippen LogP contribution in [-0.4, -0.2) is 18.4 Å². The number of ether oxygens (including phenoxy) is 1. The number of anilines is 1. The Hall–Kier alpha value is -3.25. The Morgan fingerprint density at radius 3 is 2.52 bits per heavy atom. The maximum absolute atomic E-state index is 12.2. The molecule has 0 aliphatic heterocycles. The highest BCUT2D eigenvalue weighted by Crippen LogP contribution is 2.20. The highest BCUT2D eigenvalue weighted by atomic mass is 35.5. The Morgan fingerprint density at radius 1 is 1.03 bits per heavy atom. The molecule has 3 aromatic rings. The van der Waals surface area contributed by atoms with Gasteiger partial charge in [-0.2, -0.15) is 0 Å². The van der Waals surface area contributed by atoms with Crippen molar-refractivity contribution in [3.8, 4) is 5.75 Å². The molecule has 2 N–H and O–H groups in total. The minimum absolute atomic E-state index is 0.110. The fraction of sp³-hybridized carbons (Fsp3) is 0.182. The summed E-state index contributed by atoms with van der Waals surface area (Å²) in [5.41, 5.74) is 2.62. The van der Waals surface area contributed by atoms with Crippen molar-refractivity contribution >= 4 is 29.1 Å².